The van der Waals surface area contributed by atoms with Crippen LogP contribution in [0.15, 0.2) is 29.6 Å². The third-order valence-electron chi connectivity index (χ3n) is 3.97. The summed E-state index contributed by atoms with van der Waals surface area (Å²) < 4.78 is 48.0. The molecule has 3 rings (SSSR count). The molecule has 1 aliphatic heterocycles. The van der Waals surface area contributed by atoms with E-state index in [1.807, 2.05) is 14.0 Å². The van der Waals surface area contributed by atoms with Gasteiger partial charge in [-0.1, -0.05) is 0 Å². The molecule has 0 amide bonds. The SMILES string of the molecule is Cc1c([C@H]2OCC[C@@H]2NS(=O)(=O)c2cncc(F)c2)cnn1C. The van der Waals surface area contributed by atoms with Gasteiger partial charge >= 0.3 is 0 Å². The van der Waals surface area contributed by atoms with Gasteiger partial charge < -0.3 is 4.74 Å². The number of hydrogen-bond acceptors (Lipinski definition) is 5. The lowest BCUT2D eigenvalue weighted by molar-refractivity contribution is 0.102. The highest BCUT2D eigenvalue weighted by Crippen LogP contribution is 2.31. The molecular weight excluding hydrogens is 323 g/mol. The molecule has 0 saturated carbocycles. The van der Waals surface area contributed by atoms with Crippen LogP contribution in [0.3, 0.4) is 0 Å². The van der Waals surface area contributed by atoms with Crippen molar-refractivity contribution in [3.05, 3.63) is 41.7 Å². The average Bonchev–Trinajstić information content (AvgIpc) is 3.06. The Kier molecular flexibility index (Phi) is 4.17. The molecule has 0 aromatic carbocycles. The van der Waals surface area contributed by atoms with Gasteiger partial charge in [0.05, 0.1) is 18.4 Å². The van der Waals surface area contributed by atoms with Crippen LogP contribution in [0.4, 0.5) is 4.39 Å². The molecule has 0 spiro atoms. The molecule has 2 aromatic heterocycles. The molecule has 0 aliphatic carbocycles. The molecule has 2 atom stereocenters. The van der Waals surface area contributed by atoms with Crippen molar-refractivity contribution in [2.75, 3.05) is 6.61 Å². The third-order valence-corrected chi connectivity index (χ3v) is 5.42. The van der Waals surface area contributed by atoms with Crippen molar-refractivity contribution in [2.45, 2.75) is 30.4 Å². The molecule has 23 heavy (non-hydrogen) atoms. The molecule has 9 heteroatoms. The fourth-order valence-electron chi connectivity index (χ4n) is 2.62. The van der Waals surface area contributed by atoms with Gasteiger partial charge in [0, 0.05) is 31.1 Å². The molecule has 0 bridgehead atoms. The smallest absolute Gasteiger partial charge is 0.242 e. The lowest BCUT2D eigenvalue weighted by Crippen LogP contribution is -2.37. The van der Waals surface area contributed by atoms with Gasteiger partial charge in [0.1, 0.15) is 16.8 Å². The van der Waals surface area contributed by atoms with E-state index in [1.165, 1.54) is 0 Å². The Morgan fingerprint density at radius 3 is 2.83 bits per heavy atom. The van der Waals surface area contributed by atoms with Crippen molar-refractivity contribution in [1.29, 1.82) is 0 Å². The highest BCUT2D eigenvalue weighted by molar-refractivity contribution is 7.89. The predicted octanol–water partition coefficient (Wildman–Crippen LogP) is 1.07. The van der Waals surface area contributed by atoms with Gasteiger partial charge in [-0.3, -0.25) is 9.67 Å². The predicted molar refractivity (Wildman–Crippen MR) is 79.6 cm³/mol. The van der Waals surface area contributed by atoms with Crippen LogP contribution in [0.5, 0.6) is 0 Å². The van der Waals surface area contributed by atoms with Crippen molar-refractivity contribution in [1.82, 2.24) is 19.5 Å². The van der Waals surface area contributed by atoms with Crippen molar-refractivity contribution in [2.24, 2.45) is 7.05 Å². The Labute approximate surface area is 133 Å². The first-order chi connectivity index (χ1) is 10.9. The van der Waals surface area contributed by atoms with E-state index in [2.05, 4.69) is 14.8 Å². The number of sulfonamides is 1. The normalized spacial score (nSPS) is 21.7. The summed E-state index contributed by atoms with van der Waals surface area (Å²) in [6, 6.07) is 0.501. The lowest BCUT2D eigenvalue weighted by Gasteiger charge is -2.19. The summed E-state index contributed by atoms with van der Waals surface area (Å²) in [5, 5.41) is 4.16. The van der Waals surface area contributed by atoms with Crippen LogP contribution in [-0.2, 0) is 21.8 Å². The van der Waals surface area contributed by atoms with E-state index < -0.39 is 28.0 Å². The Hall–Kier alpha value is -1.84. The molecule has 1 aliphatic rings. The second-order valence-corrected chi connectivity index (χ2v) is 7.17. The summed E-state index contributed by atoms with van der Waals surface area (Å²) in [6.07, 6.45) is 3.86. The number of rotatable bonds is 4. The Morgan fingerprint density at radius 1 is 1.39 bits per heavy atom. The van der Waals surface area contributed by atoms with Gasteiger partial charge in [-0.25, -0.2) is 17.5 Å². The van der Waals surface area contributed by atoms with E-state index in [4.69, 9.17) is 4.74 Å². The number of halogens is 1. The summed E-state index contributed by atoms with van der Waals surface area (Å²) in [5.41, 5.74) is 1.75. The van der Waals surface area contributed by atoms with Crippen molar-refractivity contribution in [3.8, 4) is 0 Å². The van der Waals surface area contributed by atoms with Crippen LogP contribution >= 0.6 is 0 Å². The minimum atomic E-state index is -3.87. The monoisotopic (exact) mass is 340 g/mol. The minimum Gasteiger partial charge on any atom is -0.372 e. The Balaban J connectivity index is 1.85. The topological polar surface area (TPSA) is 86.1 Å². The van der Waals surface area contributed by atoms with Crippen molar-refractivity contribution >= 4 is 10.0 Å². The van der Waals surface area contributed by atoms with Crippen LogP contribution in [-0.4, -0.2) is 35.8 Å². The Morgan fingerprint density at radius 2 is 2.17 bits per heavy atom. The first-order valence-corrected chi connectivity index (χ1v) is 8.60. The maximum absolute atomic E-state index is 13.2. The molecule has 0 unspecified atom stereocenters. The van der Waals surface area contributed by atoms with Crippen LogP contribution in [0.1, 0.15) is 23.8 Å². The summed E-state index contributed by atoms with van der Waals surface area (Å²) in [4.78, 5) is 3.38. The summed E-state index contributed by atoms with van der Waals surface area (Å²) >= 11 is 0. The number of nitrogens with one attached hydrogen (secondary N) is 1. The van der Waals surface area contributed by atoms with Gasteiger partial charge in [-0.15, -0.1) is 0 Å². The molecule has 3 heterocycles. The number of aromatic nitrogens is 3. The number of hydrogen-bond donors (Lipinski definition) is 1. The highest BCUT2D eigenvalue weighted by Gasteiger charge is 2.35. The number of pyridine rings is 1. The molecule has 1 saturated heterocycles. The first-order valence-electron chi connectivity index (χ1n) is 7.11. The molecule has 124 valence electrons. The standard InChI is InChI=1S/C14H17FN4O3S/c1-9-12(8-17-19(9)2)14-13(3-4-22-14)18-23(20,21)11-5-10(15)6-16-7-11/h5-8,13-14,18H,3-4H2,1-2H3/t13-,14+/m0/s1. The minimum absolute atomic E-state index is 0.203. The van der Waals surface area contributed by atoms with E-state index in [-0.39, 0.29) is 4.90 Å². The second-order valence-electron chi connectivity index (χ2n) is 5.46. The van der Waals surface area contributed by atoms with Crippen LogP contribution in [0, 0.1) is 12.7 Å². The van der Waals surface area contributed by atoms with E-state index in [0.29, 0.717) is 13.0 Å². The average molecular weight is 340 g/mol. The Bertz CT molecular complexity index is 821. The number of aryl methyl sites for hydroxylation is 1. The zero-order valence-corrected chi connectivity index (χ0v) is 13.5. The summed E-state index contributed by atoms with van der Waals surface area (Å²) in [6.45, 7) is 2.33. The second kappa shape index (κ2) is 5.99. The van der Waals surface area contributed by atoms with Gasteiger partial charge in [0.2, 0.25) is 10.0 Å². The van der Waals surface area contributed by atoms with Crippen LogP contribution in [0.2, 0.25) is 0 Å². The molecule has 1 N–H and O–H groups in total. The molecule has 0 radical (unpaired) electrons. The zero-order valence-electron chi connectivity index (χ0n) is 12.7. The van der Waals surface area contributed by atoms with Gasteiger partial charge in [0.15, 0.2) is 0 Å². The van der Waals surface area contributed by atoms with E-state index in [1.54, 1.807) is 10.9 Å². The maximum Gasteiger partial charge on any atom is 0.242 e. The van der Waals surface area contributed by atoms with E-state index >= 15 is 0 Å². The van der Waals surface area contributed by atoms with E-state index in [9.17, 15) is 12.8 Å². The molecular formula is C14H17FN4O3S. The van der Waals surface area contributed by atoms with Gasteiger partial charge in [-0.05, 0) is 19.4 Å². The number of nitrogens with zero attached hydrogens (tertiary/aromatic N) is 3. The lowest BCUT2D eigenvalue weighted by atomic mass is 10.0. The first kappa shape index (κ1) is 16.0. The molecule has 7 nitrogen and oxygen atoms in total. The van der Waals surface area contributed by atoms with E-state index in [0.717, 1.165) is 29.7 Å². The molecule has 2 aromatic rings. The largest absolute Gasteiger partial charge is 0.372 e. The zero-order chi connectivity index (χ0) is 16.6. The molecule has 1 fully saturated rings. The van der Waals surface area contributed by atoms with Crippen molar-refractivity contribution < 1.29 is 17.5 Å². The maximum atomic E-state index is 13.2. The van der Waals surface area contributed by atoms with Crippen LogP contribution < -0.4 is 4.72 Å². The fraction of sp³-hybridized carbons (Fsp3) is 0.429. The fourth-order valence-corrected chi connectivity index (χ4v) is 3.86. The summed E-state index contributed by atoms with van der Waals surface area (Å²) in [7, 11) is -2.06. The summed E-state index contributed by atoms with van der Waals surface area (Å²) in [5.74, 6) is -0.699. The van der Waals surface area contributed by atoms with Crippen molar-refractivity contribution in [3.63, 3.8) is 0 Å². The highest BCUT2D eigenvalue weighted by atomic mass is 32.2. The quantitative estimate of drug-likeness (QED) is 0.900. The van der Waals surface area contributed by atoms with Gasteiger partial charge in [0.25, 0.3) is 0 Å². The number of ether oxygens (including phenoxy) is 1. The van der Waals surface area contributed by atoms with Gasteiger partial charge in [-0.2, -0.15) is 5.10 Å². The van der Waals surface area contributed by atoms with Crippen LogP contribution in [0.25, 0.3) is 0 Å². The third kappa shape index (κ3) is 3.12.